The van der Waals surface area contributed by atoms with Gasteiger partial charge >= 0.3 is 6.01 Å². The summed E-state index contributed by atoms with van der Waals surface area (Å²) in [5.41, 5.74) is 1.12. The summed E-state index contributed by atoms with van der Waals surface area (Å²) in [4.78, 5) is 8.08. The number of nitrogens with zero attached hydrogens (tertiary/aromatic N) is 2. The summed E-state index contributed by atoms with van der Waals surface area (Å²) in [7, 11) is 0. The highest BCUT2D eigenvalue weighted by Crippen LogP contribution is 2.18. The molecule has 3 rings (SSSR count). The average molecular weight is 318 g/mol. The molecule has 0 radical (unpaired) electrons. The molecule has 5 nitrogen and oxygen atoms in total. The third kappa shape index (κ3) is 4.58. The van der Waals surface area contributed by atoms with E-state index in [1.165, 1.54) is 0 Å². The second-order valence-electron chi connectivity index (χ2n) is 4.46. The number of aromatic nitrogens is 2. The first-order valence-corrected chi connectivity index (χ1v) is 6.67. The maximum absolute atomic E-state index is 5.60. The Labute approximate surface area is 134 Å². The summed E-state index contributed by atoms with van der Waals surface area (Å²) in [5, 5.41) is 3.31. The minimum absolute atomic E-state index is 0. The topological polar surface area (TPSA) is 60.2 Å². The fourth-order valence-electron chi connectivity index (χ4n) is 1.91. The standard InChI is InChI=1S/C16H15N3O2.ClH/c1-4-13(11-17-12-15-6-2-9-20-15)10-14(5-1)21-16-18-7-3-8-19-16;/h1-10,17H,11-12H2;1H. The van der Waals surface area contributed by atoms with Crippen LogP contribution in [0, 0.1) is 0 Å². The number of furan rings is 1. The molecular formula is C16H16ClN3O2. The van der Waals surface area contributed by atoms with Gasteiger partial charge in [-0.15, -0.1) is 12.4 Å². The van der Waals surface area contributed by atoms with E-state index in [-0.39, 0.29) is 12.4 Å². The first-order chi connectivity index (χ1) is 10.4. The minimum atomic E-state index is 0. The summed E-state index contributed by atoms with van der Waals surface area (Å²) in [6.07, 6.45) is 4.97. The number of hydrogen-bond donors (Lipinski definition) is 1. The zero-order valence-electron chi connectivity index (χ0n) is 11.8. The zero-order valence-corrected chi connectivity index (χ0v) is 12.6. The van der Waals surface area contributed by atoms with Crippen LogP contribution in [0.4, 0.5) is 0 Å². The van der Waals surface area contributed by atoms with Gasteiger partial charge in [-0.2, -0.15) is 0 Å². The lowest BCUT2D eigenvalue weighted by Gasteiger charge is -2.06. The minimum Gasteiger partial charge on any atom is -0.468 e. The lowest BCUT2D eigenvalue weighted by atomic mass is 10.2. The van der Waals surface area contributed by atoms with Crippen LogP contribution in [0.15, 0.2) is 65.5 Å². The second-order valence-corrected chi connectivity index (χ2v) is 4.46. The normalized spacial score (nSPS) is 10.0. The van der Waals surface area contributed by atoms with Gasteiger partial charge in [-0.05, 0) is 35.9 Å². The molecule has 0 aliphatic carbocycles. The quantitative estimate of drug-likeness (QED) is 0.753. The van der Waals surface area contributed by atoms with E-state index in [1.807, 2.05) is 36.4 Å². The van der Waals surface area contributed by atoms with E-state index in [1.54, 1.807) is 24.7 Å². The van der Waals surface area contributed by atoms with E-state index in [4.69, 9.17) is 9.15 Å². The largest absolute Gasteiger partial charge is 0.468 e. The number of hydrogen-bond acceptors (Lipinski definition) is 5. The first-order valence-electron chi connectivity index (χ1n) is 6.67. The maximum atomic E-state index is 5.60. The zero-order chi connectivity index (χ0) is 14.3. The molecule has 2 aromatic heterocycles. The van der Waals surface area contributed by atoms with Crippen molar-refractivity contribution in [3.8, 4) is 11.8 Å². The number of halogens is 1. The van der Waals surface area contributed by atoms with Gasteiger partial charge in [0.2, 0.25) is 0 Å². The van der Waals surface area contributed by atoms with E-state index in [2.05, 4.69) is 15.3 Å². The highest BCUT2D eigenvalue weighted by Gasteiger charge is 2.01. The van der Waals surface area contributed by atoms with Gasteiger partial charge in [0.15, 0.2) is 0 Å². The van der Waals surface area contributed by atoms with Gasteiger partial charge in [0.25, 0.3) is 0 Å². The molecule has 0 amide bonds. The molecule has 0 spiro atoms. The van der Waals surface area contributed by atoms with Gasteiger partial charge in [-0.25, -0.2) is 9.97 Å². The van der Waals surface area contributed by atoms with E-state index in [0.717, 1.165) is 23.6 Å². The lowest BCUT2D eigenvalue weighted by molar-refractivity contribution is 0.440. The van der Waals surface area contributed by atoms with Crippen molar-refractivity contribution in [1.82, 2.24) is 15.3 Å². The van der Waals surface area contributed by atoms with Crippen molar-refractivity contribution < 1.29 is 9.15 Å². The van der Waals surface area contributed by atoms with Crippen molar-refractivity contribution in [1.29, 1.82) is 0 Å². The summed E-state index contributed by atoms with van der Waals surface area (Å²) < 4.78 is 10.9. The Morgan fingerprint density at radius 1 is 1.00 bits per heavy atom. The van der Waals surface area contributed by atoms with Crippen molar-refractivity contribution in [2.75, 3.05) is 0 Å². The van der Waals surface area contributed by atoms with Crippen LogP contribution >= 0.6 is 12.4 Å². The summed E-state index contributed by atoms with van der Waals surface area (Å²) in [6, 6.07) is 13.7. The molecule has 0 saturated heterocycles. The van der Waals surface area contributed by atoms with Crippen LogP contribution < -0.4 is 10.1 Å². The van der Waals surface area contributed by atoms with Crippen LogP contribution in [0.3, 0.4) is 0 Å². The van der Waals surface area contributed by atoms with Gasteiger partial charge in [0, 0.05) is 18.9 Å². The molecule has 3 aromatic rings. The Bertz CT molecular complexity index is 675. The fraction of sp³-hybridized carbons (Fsp3) is 0.125. The highest BCUT2D eigenvalue weighted by molar-refractivity contribution is 5.85. The molecule has 6 heteroatoms. The SMILES string of the molecule is Cl.c1cnc(Oc2cccc(CNCc3ccco3)c2)nc1. The number of rotatable bonds is 6. The van der Waals surface area contributed by atoms with Gasteiger partial charge in [0.05, 0.1) is 12.8 Å². The molecule has 0 saturated carbocycles. The van der Waals surface area contributed by atoms with Crippen LogP contribution in [-0.2, 0) is 13.1 Å². The van der Waals surface area contributed by atoms with Crippen LogP contribution in [0.25, 0.3) is 0 Å². The molecule has 0 bridgehead atoms. The molecule has 1 N–H and O–H groups in total. The third-order valence-electron chi connectivity index (χ3n) is 2.86. The van der Waals surface area contributed by atoms with Crippen molar-refractivity contribution in [3.63, 3.8) is 0 Å². The van der Waals surface area contributed by atoms with Crippen LogP contribution in [-0.4, -0.2) is 9.97 Å². The van der Waals surface area contributed by atoms with E-state index in [0.29, 0.717) is 12.6 Å². The van der Waals surface area contributed by atoms with E-state index in [9.17, 15) is 0 Å². The van der Waals surface area contributed by atoms with Crippen LogP contribution in [0.1, 0.15) is 11.3 Å². The molecule has 0 aliphatic rings. The Morgan fingerprint density at radius 2 is 1.86 bits per heavy atom. The monoisotopic (exact) mass is 317 g/mol. The lowest BCUT2D eigenvalue weighted by Crippen LogP contribution is -2.12. The number of ether oxygens (including phenoxy) is 1. The average Bonchev–Trinajstić information content (AvgIpc) is 3.02. The van der Waals surface area contributed by atoms with Gasteiger partial charge < -0.3 is 14.5 Å². The van der Waals surface area contributed by atoms with E-state index >= 15 is 0 Å². The molecule has 1 aromatic carbocycles. The Kier molecular flexibility index (Phi) is 5.94. The van der Waals surface area contributed by atoms with Crippen molar-refractivity contribution >= 4 is 12.4 Å². The second kappa shape index (κ2) is 8.17. The van der Waals surface area contributed by atoms with Crippen molar-refractivity contribution in [2.24, 2.45) is 0 Å². The Hall–Kier alpha value is -2.37. The maximum Gasteiger partial charge on any atom is 0.321 e. The van der Waals surface area contributed by atoms with Gasteiger partial charge in [-0.3, -0.25) is 0 Å². The Morgan fingerprint density at radius 3 is 2.64 bits per heavy atom. The molecule has 2 heterocycles. The number of nitrogens with one attached hydrogen (secondary N) is 1. The fourth-order valence-corrected chi connectivity index (χ4v) is 1.91. The molecule has 114 valence electrons. The summed E-state index contributed by atoms with van der Waals surface area (Å²) >= 11 is 0. The van der Waals surface area contributed by atoms with Crippen LogP contribution in [0.5, 0.6) is 11.8 Å². The predicted octanol–water partition coefficient (Wildman–Crippen LogP) is 3.57. The van der Waals surface area contributed by atoms with Gasteiger partial charge in [-0.1, -0.05) is 12.1 Å². The molecule has 0 atom stereocenters. The molecule has 0 fully saturated rings. The highest BCUT2D eigenvalue weighted by atomic mass is 35.5. The molecule has 0 unspecified atom stereocenters. The van der Waals surface area contributed by atoms with E-state index < -0.39 is 0 Å². The first kappa shape index (κ1) is 16.0. The smallest absolute Gasteiger partial charge is 0.321 e. The summed E-state index contributed by atoms with van der Waals surface area (Å²) in [5.74, 6) is 1.64. The van der Waals surface area contributed by atoms with Gasteiger partial charge in [0.1, 0.15) is 11.5 Å². The molecule has 0 aliphatic heterocycles. The van der Waals surface area contributed by atoms with Crippen molar-refractivity contribution in [3.05, 3.63) is 72.4 Å². The summed E-state index contributed by atoms with van der Waals surface area (Å²) in [6.45, 7) is 1.42. The van der Waals surface area contributed by atoms with Crippen LogP contribution in [0.2, 0.25) is 0 Å². The third-order valence-corrected chi connectivity index (χ3v) is 2.86. The molecular weight excluding hydrogens is 302 g/mol. The number of benzene rings is 1. The molecule has 22 heavy (non-hydrogen) atoms. The predicted molar refractivity (Wildman–Crippen MR) is 85.0 cm³/mol. The Balaban J connectivity index is 0.00000176. The van der Waals surface area contributed by atoms with Crippen molar-refractivity contribution in [2.45, 2.75) is 13.1 Å².